The Labute approximate surface area is 120 Å². The van der Waals surface area contributed by atoms with Crippen LogP contribution in [0.1, 0.15) is 5.56 Å². The Morgan fingerprint density at radius 2 is 2.10 bits per heavy atom. The van der Waals surface area contributed by atoms with Gasteiger partial charge in [0.1, 0.15) is 12.0 Å². The Bertz CT molecular complexity index is 892. The van der Waals surface area contributed by atoms with Crippen molar-refractivity contribution >= 4 is 23.2 Å². The number of para-hydroxylation sites is 1. The summed E-state index contributed by atoms with van der Waals surface area (Å²) in [5.41, 5.74) is 10.5. The van der Waals surface area contributed by atoms with Crippen molar-refractivity contribution in [3.63, 3.8) is 0 Å². The Kier molecular flexibility index (Phi) is 2.50. The van der Waals surface area contributed by atoms with Crippen LogP contribution in [0.4, 0.5) is 5.95 Å². The van der Waals surface area contributed by atoms with Gasteiger partial charge in [0.2, 0.25) is 0 Å². The van der Waals surface area contributed by atoms with Crippen molar-refractivity contribution in [2.45, 2.75) is 0 Å². The first-order chi connectivity index (χ1) is 10.3. The third kappa shape index (κ3) is 1.95. The van der Waals surface area contributed by atoms with E-state index in [9.17, 15) is 0 Å². The summed E-state index contributed by atoms with van der Waals surface area (Å²) in [5.74, 6) is 1.20. The number of hydrogen-bond donors (Lipinski definition) is 2. The quantitative estimate of drug-likeness (QED) is 0.717. The highest BCUT2D eigenvalue weighted by molar-refractivity contribution is 5.95. The number of aromatic nitrogens is 2. The first-order valence-electron chi connectivity index (χ1n) is 6.55. The van der Waals surface area contributed by atoms with Gasteiger partial charge in [0.25, 0.3) is 0 Å². The lowest BCUT2D eigenvalue weighted by molar-refractivity contribution is 0.481. The van der Waals surface area contributed by atoms with Crippen LogP contribution in [-0.4, -0.2) is 16.2 Å². The summed E-state index contributed by atoms with van der Waals surface area (Å²) in [6, 6.07) is 11.9. The van der Waals surface area contributed by atoms with E-state index in [0.717, 1.165) is 33.5 Å². The van der Waals surface area contributed by atoms with Gasteiger partial charge in [-0.1, -0.05) is 18.2 Å². The Morgan fingerprint density at radius 1 is 1.14 bits per heavy atom. The van der Waals surface area contributed by atoms with Crippen molar-refractivity contribution in [2.24, 2.45) is 4.99 Å². The second kappa shape index (κ2) is 4.49. The highest BCUT2D eigenvalue weighted by Crippen LogP contribution is 2.31. The number of benzene rings is 2. The Hall–Kier alpha value is -3.08. The lowest BCUT2D eigenvalue weighted by Gasteiger charge is -2.07. The van der Waals surface area contributed by atoms with Crippen LogP contribution in [0.2, 0.25) is 0 Å². The predicted molar refractivity (Wildman–Crippen MR) is 83.3 cm³/mol. The van der Waals surface area contributed by atoms with E-state index in [1.54, 1.807) is 18.7 Å². The van der Waals surface area contributed by atoms with E-state index in [-0.39, 0.29) is 0 Å². The lowest BCUT2D eigenvalue weighted by Crippen LogP contribution is -1.90. The highest BCUT2D eigenvalue weighted by atomic mass is 16.5. The van der Waals surface area contributed by atoms with Crippen molar-refractivity contribution in [3.05, 3.63) is 54.4 Å². The number of H-pyrrole nitrogens is 1. The highest BCUT2D eigenvalue weighted by Gasteiger charge is 2.10. The zero-order valence-corrected chi connectivity index (χ0v) is 11.1. The number of nitrogens with one attached hydrogen (secondary N) is 1. The molecule has 0 spiro atoms. The molecule has 0 radical (unpaired) electrons. The summed E-state index contributed by atoms with van der Waals surface area (Å²) in [7, 11) is 0. The normalized spacial score (nSPS) is 13.0. The number of aromatic amines is 1. The Balaban J connectivity index is 1.91. The molecule has 0 saturated heterocycles. The number of aliphatic imine (C=N–C) groups is 1. The largest absolute Gasteiger partial charge is 0.463 e. The maximum Gasteiger partial charge on any atom is 0.198 e. The van der Waals surface area contributed by atoms with Gasteiger partial charge in [-0.25, -0.2) is 4.98 Å². The van der Waals surface area contributed by atoms with E-state index in [1.165, 1.54) is 0 Å². The van der Waals surface area contributed by atoms with Crippen molar-refractivity contribution in [3.8, 4) is 16.9 Å². The van der Waals surface area contributed by atoms with Gasteiger partial charge in [0.15, 0.2) is 5.95 Å². The third-order valence-corrected chi connectivity index (χ3v) is 3.41. The molecular formula is C16H12N4O. The van der Waals surface area contributed by atoms with Crippen LogP contribution in [0.3, 0.4) is 0 Å². The number of rotatable bonds is 1. The molecule has 0 saturated carbocycles. The van der Waals surface area contributed by atoms with E-state index >= 15 is 0 Å². The molecule has 5 heteroatoms. The molecule has 0 bridgehead atoms. The van der Waals surface area contributed by atoms with Crippen LogP contribution < -0.4 is 10.5 Å². The smallest absolute Gasteiger partial charge is 0.198 e. The summed E-state index contributed by atoms with van der Waals surface area (Å²) in [6.45, 7) is 0. The van der Waals surface area contributed by atoms with Crippen LogP contribution in [0.5, 0.6) is 5.75 Å². The maximum absolute atomic E-state index is 5.75. The molecule has 0 aliphatic carbocycles. The molecule has 21 heavy (non-hydrogen) atoms. The predicted octanol–water partition coefficient (Wildman–Crippen LogP) is 3.09. The summed E-state index contributed by atoms with van der Waals surface area (Å²) in [5, 5.41) is 0. The zero-order chi connectivity index (χ0) is 14.2. The fourth-order valence-electron chi connectivity index (χ4n) is 2.47. The van der Waals surface area contributed by atoms with Gasteiger partial charge in [-0.2, -0.15) is 0 Å². The van der Waals surface area contributed by atoms with Gasteiger partial charge in [-0.3, -0.25) is 4.99 Å². The number of fused-ring (bicyclic) bond motifs is 2. The van der Waals surface area contributed by atoms with Gasteiger partial charge in [0, 0.05) is 17.3 Å². The molecular weight excluding hydrogens is 264 g/mol. The monoisotopic (exact) mass is 276 g/mol. The second-order valence-electron chi connectivity index (χ2n) is 4.76. The molecule has 2 aromatic carbocycles. The van der Waals surface area contributed by atoms with Crippen LogP contribution in [0.15, 0.2) is 53.9 Å². The Morgan fingerprint density at radius 3 is 3.05 bits per heavy atom. The third-order valence-electron chi connectivity index (χ3n) is 3.41. The van der Waals surface area contributed by atoms with Gasteiger partial charge in [0.05, 0.1) is 17.2 Å². The molecule has 4 rings (SSSR count). The fraction of sp³-hybridized carbons (Fsp3) is 0. The SMILES string of the molecule is Nc1nc2c(-c3ccc4c(c3)C=NC=CO4)cccc2[nH]1. The van der Waals surface area contributed by atoms with Gasteiger partial charge < -0.3 is 15.5 Å². The minimum atomic E-state index is 0.418. The lowest BCUT2D eigenvalue weighted by atomic mass is 10.0. The summed E-state index contributed by atoms with van der Waals surface area (Å²) in [4.78, 5) is 11.6. The first-order valence-corrected chi connectivity index (χ1v) is 6.55. The molecule has 0 fully saturated rings. The summed E-state index contributed by atoms with van der Waals surface area (Å²) in [6.07, 6.45) is 4.97. The van der Waals surface area contributed by atoms with Gasteiger partial charge in [-0.15, -0.1) is 0 Å². The molecule has 0 unspecified atom stereocenters. The average Bonchev–Trinajstić information content (AvgIpc) is 2.73. The minimum Gasteiger partial charge on any atom is -0.463 e. The molecule has 5 nitrogen and oxygen atoms in total. The van der Waals surface area contributed by atoms with E-state index in [4.69, 9.17) is 10.5 Å². The molecule has 3 aromatic rings. The van der Waals surface area contributed by atoms with Crippen LogP contribution >= 0.6 is 0 Å². The molecule has 2 heterocycles. The number of nitrogen functional groups attached to an aromatic ring is 1. The molecule has 3 N–H and O–H groups in total. The van der Waals surface area contributed by atoms with E-state index in [0.29, 0.717) is 5.95 Å². The zero-order valence-electron chi connectivity index (χ0n) is 11.1. The van der Waals surface area contributed by atoms with Crippen LogP contribution in [0, 0.1) is 0 Å². The number of ether oxygens (including phenoxy) is 1. The van der Waals surface area contributed by atoms with Crippen molar-refractivity contribution in [1.29, 1.82) is 0 Å². The molecule has 1 aromatic heterocycles. The molecule has 102 valence electrons. The van der Waals surface area contributed by atoms with Crippen LogP contribution in [-0.2, 0) is 0 Å². The van der Waals surface area contributed by atoms with E-state index in [1.807, 2.05) is 36.4 Å². The fourth-order valence-corrected chi connectivity index (χ4v) is 2.47. The second-order valence-corrected chi connectivity index (χ2v) is 4.76. The van der Waals surface area contributed by atoms with Crippen molar-refractivity contribution in [1.82, 2.24) is 9.97 Å². The van der Waals surface area contributed by atoms with Crippen molar-refractivity contribution < 1.29 is 4.74 Å². The van der Waals surface area contributed by atoms with Crippen molar-refractivity contribution in [2.75, 3.05) is 5.73 Å². The summed E-state index contributed by atoms with van der Waals surface area (Å²) >= 11 is 0. The number of nitrogens with zero attached hydrogens (tertiary/aromatic N) is 2. The number of hydrogen-bond acceptors (Lipinski definition) is 4. The molecule has 0 amide bonds. The topological polar surface area (TPSA) is 76.3 Å². The van der Waals surface area contributed by atoms with E-state index in [2.05, 4.69) is 15.0 Å². The number of nitrogens with two attached hydrogens (primary N) is 1. The molecule has 1 aliphatic rings. The maximum atomic E-state index is 5.75. The molecule has 1 aliphatic heterocycles. The van der Waals surface area contributed by atoms with E-state index < -0.39 is 0 Å². The average molecular weight is 276 g/mol. The number of imidazole rings is 1. The number of anilines is 1. The van der Waals surface area contributed by atoms with Crippen LogP contribution in [0.25, 0.3) is 22.2 Å². The molecule has 0 atom stereocenters. The minimum absolute atomic E-state index is 0.418. The first kappa shape index (κ1) is 11.7. The van der Waals surface area contributed by atoms with Gasteiger partial charge >= 0.3 is 0 Å². The van der Waals surface area contributed by atoms with Gasteiger partial charge in [-0.05, 0) is 23.8 Å². The standard InChI is InChI=1S/C16H12N4O/c17-16-19-13-3-1-2-12(15(13)20-16)10-4-5-14-11(8-10)9-18-6-7-21-14/h1-9H,(H3,17,19,20). The summed E-state index contributed by atoms with van der Waals surface area (Å²) < 4.78 is 5.48.